The third kappa shape index (κ3) is 4.43. The second-order valence-corrected chi connectivity index (χ2v) is 7.79. The number of nitrogens with one attached hydrogen (secondary N) is 2. The molecule has 8 heteroatoms. The van der Waals surface area contributed by atoms with Gasteiger partial charge in [-0.2, -0.15) is 5.10 Å². The van der Waals surface area contributed by atoms with Crippen molar-refractivity contribution >= 4 is 11.9 Å². The summed E-state index contributed by atoms with van der Waals surface area (Å²) in [5.74, 6) is 0.523. The number of rotatable bonds is 5. The fraction of sp³-hybridized carbons (Fsp3) is 0.737. The number of ether oxygens (including phenoxy) is 1. The third-order valence-corrected chi connectivity index (χ3v) is 5.81. The van der Waals surface area contributed by atoms with Crippen molar-refractivity contribution in [2.24, 2.45) is 5.92 Å². The van der Waals surface area contributed by atoms with Crippen molar-refractivity contribution in [3.63, 3.8) is 0 Å². The molecule has 1 aromatic heterocycles. The molecule has 0 spiro atoms. The largest absolute Gasteiger partial charge is 0.376 e. The summed E-state index contributed by atoms with van der Waals surface area (Å²) in [5.41, 5.74) is 1.87. The number of carbonyl (C=O) groups is 2. The summed E-state index contributed by atoms with van der Waals surface area (Å²) in [7, 11) is 0. The monoisotopic (exact) mass is 375 g/mol. The Labute approximate surface area is 159 Å². The van der Waals surface area contributed by atoms with E-state index in [0.717, 1.165) is 63.2 Å². The lowest BCUT2D eigenvalue weighted by Gasteiger charge is -2.34. The standard InChI is InChI=1S/C19H29N5O3/c25-18(14-4-3-5-14)23-7-8-24-16(13-23)10-15(22-24)11-20-19(26)21-12-17-6-1-2-9-27-17/h10,14,17H,1-9,11-13H2,(H2,20,21,26)/t17-/m0/s1. The highest BCUT2D eigenvalue weighted by molar-refractivity contribution is 5.79. The Balaban J connectivity index is 1.23. The summed E-state index contributed by atoms with van der Waals surface area (Å²) in [6.45, 7) is 3.78. The van der Waals surface area contributed by atoms with E-state index < -0.39 is 0 Å². The molecule has 2 aliphatic heterocycles. The molecule has 148 valence electrons. The minimum Gasteiger partial charge on any atom is -0.376 e. The van der Waals surface area contributed by atoms with Crippen LogP contribution in [0, 0.1) is 5.92 Å². The Morgan fingerprint density at radius 1 is 1.15 bits per heavy atom. The summed E-state index contributed by atoms with van der Waals surface area (Å²) in [5, 5.41) is 10.3. The quantitative estimate of drug-likeness (QED) is 0.814. The Morgan fingerprint density at radius 2 is 2.04 bits per heavy atom. The lowest BCUT2D eigenvalue weighted by Crippen LogP contribution is -2.43. The number of carbonyl (C=O) groups excluding carboxylic acids is 2. The molecule has 1 saturated carbocycles. The molecule has 2 N–H and O–H groups in total. The van der Waals surface area contributed by atoms with Gasteiger partial charge in [-0.3, -0.25) is 9.48 Å². The number of fused-ring (bicyclic) bond motifs is 1. The van der Waals surface area contributed by atoms with Crippen LogP contribution in [0.4, 0.5) is 4.79 Å². The Kier molecular flexibility index (Phi) is 5.61. The molecule has 0 unspecified atom stereocenters. The highest BCUT2D eigenvalue weighted by atomic mass is 16.5. The van der Waals surface area contributed by atoms with E-state index in [4.69, 9.17) is 4.74 Å². The summed E-state index contributed by atoms with van der Waals surface area (Å²) < 4.78 is 7.57. The number of hydrogen-bond acceptors (Lipinski definition) is 4. The normalized spacial score (nSPS) is 22.7. The molecular formula is C19H29N5O3. The van der Waals surface area contributed by atoms with Crippen LogP contribution in [0.3, 0.4) is 0 Å². The van der Waals surface area contributed by atoms with Crippen molar-refractivity contribution in [2.75, 3.05) is 19.7 Å². The van der Waals surface area contributed by atoms with Crippen LogP contribution in [-0.2, 0) is 29.2 Å². The highest BCUT2D eigenvalue weighted by Crippen LogP contribution is 2.29. The van der Waals surface area contributed by atoms with Gasteiger partial charge >= 0.3 is 6.03 Å². The lowest BCUT2D eigenvalue weighted by molar-refractivity contribution is -0.139. The van der Waals surface area contributed by atoms with Crippen LogP contribution in [0.1, 0.15) is 49.9 Å². The van der Waals surface area contributed by atoms with E-state index in [9.17, 15) is 9.59 Å². The van der Waals surface area contributed by atoms with Crippen molar-refractivity contribution < 1.29 is 14.3 Å². The van der Waals surface area contributed by atoms with Gasteiger partial charge < -0.3 is 20.3 Å². The Bertz CT molecular complexity index is 679. The average molecular weight is 375 g/mol. The smallest absolute Gasteiger partial charge is 0.315 e. The van der Waals surface area contributed by atoms with E-state index in [1.54, 1.807) is 0 Å². The molecule has 2 fully saturated rings. The predicted molar refractivity (Wildman–Crippen MR) is 98.8 cm³/mol. The van der Waals surface area contributed by atoms with Crippen LogP contribution >= 0.6 is 0 Å². The van der Waals surface area contributed by atoms with Crippen LogP contribution in [0.25, 0.3) is 0 Å². The van der Waals surface area contributed by atoms with E-state index in [2.05, 4.69) is 15.7 Å². The summed E-state index contributed by atoms with van der Waals surface area (Å²) in [6.07, 6.45) is 6.64. The summed E-state index contributed by atoms with van der Waals surface area (Å²) >= 11 is 0. The summed E-state index contributed by atoms with van der Waals surface area (Å²) in [6, 6.07) is 1.79. The van der Waals surface area contributed by atoms with Gasteiger partial charge in [-0.25, -0.2) is 4.79 Å². The van der Waals surface area contributed by atoms with Crippen molar-refractivity contribution in [3.05, 3.63) is 17.5 Å². The van der Waals surface area contributed by atoms with Gasteiger partial charge in [0.15, 0.2) is 0 Å². The van der Waals surface area contributed by atoms with Crippen molar-refractivity contribution in [1.82, 2.24) is 25.3 Å². The molecule has 1 aliphatic carbocycles. The van der Waals surface area contributed by atoms with E-state index in [1.165, 1.54) is 6.42 Å². The molecule has 0 aromatic carbocycles. The van der Waals surface area contributed by atoms with Gasteiger partial charge in [0.25, 0.3) is 0 Å². The zero-order valence-corrected chi connectivity index (χ0v) is 15.8. The molecule has 27 heavy (non-hydrogen) atoms. The Hall–Kier alpha value is -2.09. The van der Waals surface area contributed by atoms with Gasteiger partial charge in [0.2, 0.25) is 5.91 Å². The molecule has 0 radical (unpaired) electrons. The van der Waals surface area contributed by atoms with Crippen LogP contribution in [0.15, 0.2) is 6.07 Å². The van der Waals surface area contributed by atoms with Gasteiger partial charge in [-0.1, -0.05) is 6.42 Å². The average Bonchev–Trinajstić information content (AvgIpc) is 3.06. The molecule has 0 bridgehead atoms. The molecule has 3 aliphatic rings. The van der Waals surface area contributed by atoms with Gasteiger partial charge in [0.05, 0.1) is 37.1 Å². The first kappa shape index (κ1) is 18.3. The second-order valence-electron chi connectivity index (χ2n) is 7.79. The van der Waals surface area contributed by atoms with Gasteiger partial charge in [-0.05, 0) is 38.2 Å². The minimum absolute atomic E-state index is 0.128. The molecule has 3 amide bonds. The van der Waals surface area contributed by atoms with E-state index in [1.807, 2.05) is 15.6 Å². The molecule has 1 atom stereocenters. The number of nitrogens with zero attached hydrogens (tertiary/aromatic N) is 3. The fourth-order valence-corrected chi connectivity index (χ4v) is 3.92. The SMILES string of the molecule is O=C(NCc1cc2n(n1)CCN(C(=O)C1CCC1)C2)NC[C@@H]1CCCCO1. The molecule has 1 saturated heterocycles. The van der Waals surface area contributed by atoms with E-state index in [-0.39, 0.29) is 24.0 Å². The first-order valence-electron chi connectivity index (χ1n) is 10.2. The lowest BCUT2D eigenvalue weighted by atomic mass is 9.84. The Morgan fingerprint density at radius 3 is 2.78 bits per heavy atom. The third-order valence-electron chi connectivity index (χ3n) is 5.81. The highest BCUT2D eigenvalue weighted by Gasteiger charge is 2.31. The molecule has 1 aromatic rings. The zero-order valence-electron chi connectivity index (χ0n) is 15.8. The predicted octanol–water partition coefficient (Wildman–Crippen LogP) is 1.39. The summed E-state index contributed by atoms with van der Waals surface area (Å²) in [4.78, 5) is 26.4. The topological polar surface area (TPSA) is 88.5 Å². The first-order chi connectivity index (χ1) is 13.2. The van der Waals surface area contributed by atoms with Gasteiger partial charge in [0, 0.05) is 25.6 Å². The van der Waals surface area contributed by atoms with Crippen LogP contribution in [0.5, 0.6) is 0 Å². The molecule has 8 nitrogen and oxygen atoms in total. The number of amides is 3. The van der Waals surface area contributed by atoms with E-state index in [0.29, 0.717) is 19.6 Å². The molecule has 3 heterocycles. The van der Waals surface area contributed by atoms with Crippen LogP contribution < -0.4 is 10.6 Å². The van der Waals surface area contributed by atoms with Gasteiger partial charge in [-0.15, -0.1) is 0 Å². The van der Waals surface area contributed by atoms with E-state index >= 15 is 0 Å². The minimum atomic E-state index is -0.197. The van der Waals surface area contributed by atoms with Crippen LogP contribution in [0.2, 0.25) is 0 Å². The number of aromatic nitrogens is 2. The maximum Gasteiger partial charge on any atom is 0.315 e. The molecule has 4 rings (SSSR count). The number of urea groups is 1. The van der Waals surface area contributed by atoms with Crippen molar-refractivity contribution in [2.45, 2.75) is 64.3 Å². The second kappa shape index (κ2) is 8.29. The number of hydrogen-bond donors (Lipinski definition) is 2. The molecular weight excluding hydrogens is 346 g/mol. The van der Waals surface area contributed by atoms with Crippen molar-refractivity contribution in [3.8, 4) is 0 Å². The first-order valence-corrected chi connectivity index (χ1v) is 10.2. The maximum atomic E-state index is 12.4. The fourth-order valence-electron chi connectivity index (χ4n) is 3.92. The van der Waals surface area contributed by atoms with Crippen LogP contribution in [-0.4, -0.2) is 52.4 Å². The maximum absolute atomic E-state index is 12.4. The zero-order chi connectivity index (χ0) is 18.6. The van der Waals surface area contributed by atoms with Crippen molar-refractivity contribution in [1.29, 1.82) is 0 Å². The van der Waals surface area contributed by atoms with Gasteiger partial charge in [0.1, 0.15) is 0 Å².